The first kappa shape index (κ1) is 15.2. The third kappa shape index (κ3) is 2.44. The number of hydrogen-bond donors (Lipinski definition) is 1. The predicted octanol–water partition coefficient (Wildman–Crippen LogP) is 3.45. The molecule has 1 atom stereocenters. The zero-order valence-corrected chi connectivity index (χ0v) is 13.7. The maximum Gasteiger partial charge on any atom is 0.264 e. The molecule has 1 unspecified atom stereocenters. The summed E-state index contributed by atoms with van der Waals surface area (Å²) in [6.07, 6.45) is 1.67. The highest BCUT2D eigenvalue weighted by atomic mass is 35.5. The number of sulfonamides is 1. The summed E-state index contributed by atoms with van der Waals surface area (Å²) in [6, 6.07) is 11.9. The molecule has 2 aromatic carbocycles. The van der Waals surface area contributed by atoms with Crippen molar-refractivity contribution < 1.29 is 8.42 Å². The highest BCUT2D eigenvalue weighted by Crippen LogP contribution is 2.36. The molecule has 1 aliphatic rings. The van der Waals surface area contributed by atoms with Crippen molar-refractivity contribution in [1.29, 1.82) is 0 Å². The molecule has 0 aliphatic carbocycles. The Labute approximate surface area is 135 Å². The molecule has 0 saturated heterocycles. The maximum absolute atomic E-state index is 13.1. The summed E-state index contributed by atoms with van der Waals surface area (Å²) in [4.78, 5) is 0.165. The van der Waals surface area contributed by atoms with Crippen molar-refractivity contribution in [3.05, 3.63) is 53.1 Å². The SMILES string of the molecule is CC1CCc2ccccc2N1S(=O)(=O)c1ccc(Cl)c(N)c1. The van der Waals surface area contributed by atoms with Gasteiger partial charge in [0.15, 0.2) is 0 Å². The largest absolute Gasteiger partial charge is 0.397 e. The van der Waals surface area contributed by atoms with Crippen LogP contribution in [0.5, 0.6) is 0 Å². The number of nitrogens with zero attached hydrogens (tertiary/aromatic N) is 1. The minimum Gasteiger partial charge on any atom is -0.397 e. The van der Waals surface area contributed by atoms with Crippen molar-refractivity contribution in [2.75, 3.05) is 10.0 Å². The molecular weight excluding hydrogens is 320 g/mol. The lowest BCUT2D eigenvalue weighted by Crippen LogP contribution is -2.42. The molecule has 6 heteroatoms. The highest BCUT2D eigenvalue weighted by Gasteiger charge is 2.33. The number of fused-ring (bicyclic) bond motifs is 1. The molecule has 22 heavy (non-hydrogen) atoms. The monoisotopic (exact) mass is 336 g/mol. The van der Waals surface area contributed by atoms with Crippen LogP contribution in [0.1, 0.15) is 18.9 Å². The summed E-state index contributed by atoms with van der Waals surface area (Å²) >= 11 is 5.89. The molecule has 116 valence electrons. The van der Waals surface area contributed by atoms with Crippen LogP contribution in [0.4, 0.5) is 11.4 Å². The molecule has 1 heterocycles. The van der Waals surface area contributed by atoms with E-state index in [9.17, 15) is 8.42 Å². The maximum atomic E-state index is 13.1. The van der Waals surface area contributed by atoms with Crippen LogP contribution in [0.25, 0.3) is 0 Å². The summed E-state index contributed by atoms with van der Waals surface area (Å²) in [6.45, 7) is 1.92. The van der Waals surface area contributed by atoms with E-state index in [-0.39, 0.29) is 16.6 Å². The minimum atomic E-state index is -3.67. The molecule has 0 fully saturated rings. The van der Waals surface area contributed by atoms with Gasteiger partial charge < -0.3 is 5.73 Å². The van der Waals surface area contributed by atoms with Crippen molar-refractivity contribution in [1.82, 2.24) is 0 Å². The van der Waals surface area contributed by atoms with Gasteiger partial charge in [0, 0.05) is 6.04 Å². The molecule has 2 aromatic rings. The molecule has 0 spiro atoms. The van der Waals surface area contributed by atoms with Gasteiger partial charge in [-0.15, -0.1) is 0 Å². The van der Waals surface area contributed by atoms with Gasteiger partial charge in [0.1, 0.15) is 0 Å². The fourth-order valence-electron chi connectivity index (χ4n) is 2.82. The Morgan fingerprint density at radius 3 is 2.68 bits per heavy atom. The van der Waals surface area contributed by atoms with Crippen LogP contribution in [-0.2, 0) is 16.4 Å². The van der Waals surface area contributed by atoms with Gasteiger partial charge in [-0.25, -0.2) is 8.42 Å². The van der Waals surface area contributed by atoms with Crippen molar-refractivity contribution in [3.8, 4) is 0 Å². The van der Waals surface area contributed by atoms with Crippen molar-refractivity contribution >= 4 is 33.0 Å². The van der Waals surface area contributed by atoms with E-state index in [0.29, 0.717) is 5.02 Å². The van der Waals surface area contributed by atoms with E-state index >= 15 is 0 Å². The van der Waals surface area contributed by atoms with Crippen LogP contribution in [0.15, 0.2) is 47.4 Å². The van der Waals surface area contributed by atoms with Crippen LogP contribution in [0.2, 0.25) is 5.02 Å². The summed E-state index contributed by atoms with van der Waals surface area (Å²) in [5.41, 5.74) is 7.82. The van der Waals surface area contributed by atoms with Crippen LogP contribution in [0, 0.1) is 0 Å². The van der Waals surface area contributed by atoms with Crippen molar-refractivity contribution in [2.24, 2.45) is 0 Å². The molecule has 0 aromatic heterocycles. The number of aryl methyl sites for hydroxylation is 1. The fourth-order valence-corrected chi connectivity index (χ4v) is 4.70. The molecular formula is C16H17ClN2O2S. The lowest BCUT2D eigenvalue weighted by molar-refractivity contribution is 0.563. The predicted molar refractivity (Wildman–Crippen MR) is 89.8 cm³/mol. The first-order chi connectivity index (χ1) is 10.4. The van der Waals surface area contributed by atoms with Gasteiger partial charge in [-0.1, -0.05) is 29.8 Å². The summed E-state index contributed by atoms with van der Waals surface area (Å²) in [7, 11) is -3.67. The van der Waals surface area contributed by atoms with Gasteiger partial charge in [-0.2, -0.15) is 0 Å². The molecule has 0 bridgehead atoms. The zero-order chi connectivity index (χ0) is 15.9. The smallest absolute Gasteiger partial charge is 0.264 e. The number of hydrogen-bond acceptors (Lipinski definition) is 3. The molecule has 3 rings (SSSR count). The molecule has 0 amide bonds. The Morgan fingerprint density at radius 1 is 1.23 bits per heavy atom. The van der Waals surface area contributed by atoms with Crippen molar-refractivity contribution in [2.45, 2.75) is 30.7 Å². The molecule has 4 nitrogen and oxygen atoms in total. The minimum absolute atomic E-state index is 0.100. The topological polar surface area (TPSA) is 63.4 Å². The van der Waals surface area contributed by atoms with Gasteiger partial charge in [0.2, 0.25) is 0 Å². The lowest BCUT2D eigenvalue weighted by atomic mass is 9.99. The number of benzene rings is 2. The Morgan fingerprint density at radius 2 is 1.95 bits per heavy atom. The number of nitrogen functional groups attached to an aromatic ring is 1. The number of anilines is 2. The van der Waals surface area contributed by atoms with Crippen LogP contribution in [-0.4, -0.2) is 14.5 Å². The number of rotatable bonds is 2. The van der Waals surface area contributed by atoms with E-state index < -0.39 is 10.0 Å². The highest BCUT2D eigenvalue weighted by molar-refractivity contribution is 7.92. The Hall–Kier alpha value is -1.72. The molecule has 1 aliphatic heterocycles. The average Bonchev–Trinajstić information content (AvgIpc) is 2.49. The third-order valence-electron chi connectivity index (χ3n) is 3.99. The van der Waals surface area contributed by atoms with Gasteiger partial charge in [0.25, 0.3) is 10.0 Å². The van der Waals surface area contributed by atoms with Crippen LogP contribution >= 0.6 is 11.6 Å². The van der Waals surface area contributed by atoms with E-state index in [1.807, 2.05) is 31.2 Å². The lowest BCUT2D eigenvalue weighted by Gasteiger charge is -2.36. The Bertz CT molecular complexity index is 821. The van der Waals surface area contributed by atoms with E-state index in [0.717, 1.165) is 24.1 Å². The molecule has 0 radical (unpaired) electrons. The van der Waals surface area contributed by atoms with E-state index in [1.165, 1.54) is 22.5 Å². The summed E-state index contributed by atoms with van der Waals surface area (Å²) < 4.78 is 27.6. The first-order valence-corrected chi connectivity index (χ1v) is 8.90. The van der Waals surface area contributed by atoms with E-state index in [4.69, 9.17) is 17.3 Å². The average molecular weight is 337 g/mol. The second-order valence-electron chi connectivity index (χ2n) is 5.50. The Kier molecular flexibility index (Phi) is 3.78. The number of halogens is 1. The first-order valence-electron chi connectivity index (χ1n) is 7.08. The number of nitrogens with two attached hydrogens (primary N) is 1. The Balaban J connectivity index is 2.14. The summed E-state index contributed by atoms with van der Waals surface area (Å²) in [5, 5.41) is 0.353. The van der Waals surface area contributed by atoms with Gasteiger partial charge in [0.05, 0.1) is 21.3 Å². The summed E-state index contributed by atoms with van der Waals surface area (Å²) in [5.74, 6) is 0. The van der Waals surface area contributed by atoms with Crippen LogP contribution in [0.3, 0.4) is 0 Å². The normalized spacial score (nSPS) is 18.1. The fraction of sp³-hybridized carbons (Fsp3) is 0.250. The molecule has 0 saturated carbocycles. The molecule has 2 N–H and O–H groups in total. The second kappa shape index (κ2) is 5.48. The third-order valence-corrected chi connectivity index (χ3v) is 6.25. The number of para-hydroxylation sites is 1. The van der Waals surface area contributed by atoms with Crippen LogP contribution < -0.4 is 10.0 Å². The van der Waals surface area contributed by atoms with Gasteiger partial charge in [-0.3, -0.25) is 4.31 Å². The second-order valence-corrected chi connectivity index (χ2v) is 7.72. The zero-order valence-electron chi connectivity index (χ0n) is 12.2. The van der Waals surface area contributed by atoms with E-state index in [1.54, 1.807) is 0 Å². The standard InChI is InChI=1S/C16H17ClN2O2S/c1-11-6-7-12-4-2-3-5-16(12)19(11)22(20,21)13-8-9-14(17)15(18)10-13/h2-5,8-11H,6-7,18H2,1H3. The van der Waals surface area contributed by atoms with Crippen molar-refractivity contribution in [3.63, 3.8) is 0 Å². The van der Waals surface area contributed by atoms with Gasteiger partial charge in [-0.05, 0) is 49.6 Å². The van der Waals surface area contributed by atoms with Gasteiger partial charge >= 0.3 is 0 Å². The van der Waals surface area contributed by atoms with E-state index in [2.05, 4.69) is 0 Å². The quantitative estimate of drug-likeness (QED) is 0.854.